The first-order chi connectivity index (χ1) is 9.10. The Kier molecular flexibility index (Phi) is 6.12. The molecule has 0 bridgehead atoms. The van der Waals surface area contributed by atoms with E-state index >= 15 is 0 Å². The predicted molar refractivity (Wildman–Crippen MR) is 78.8 cm³/mol. The maximum absolute atomic E-state index is 8.71. The van der Waals surface area contributed by atoms with Crippen molar-refractivity contribution >= 4 is 11.7 Å². The SMILES string of the molecule is CCCCCN(c1cccc(C(N)=NO)n1)C(C)C. The Morgan fingerprint density at radius 1 is 1.42 bits per heavy atom. The van der Waals surface area contributed by atoms with E-state index in [2.05, 4.69) is 35.8 Å². The van der Waals surface area contributed by atoms with Gasteiger partial charge in [-0.1, -0.05) is 31.0 Å². The number of amidine groups is 1. The number of oxime groups is 1. The van der Waals surface area contributed by atoms with Gasteiger partial charge in [0.15, 0.2) is 5.84 Å². The highest BCUT2D eigenvalue weighted by Crippen LogP contribution is 2.16. The number of rotatable bonds is 7. The molecule has 1 aromatic rings. The van der Waals surface area contributed by atoms with Gasteiger partial charge in [0, 0.05) is 12.6 Å². The number of aromatic nitrogens is 1. The number of nitrogens with two attached hydrogens (primary N) is 1. The molecule has 0 aliphatic heterocycles. The van der Waals surface area contributed by atoms with Gasteiger partial charge in [-0.05, 0) is 32.4 Å². The van der Waals surface area contributed by atoms with Crippen LogP contribution in [0.4, 0.5) is 5.82 Å². The van der Waals surface area contributed by atoms with E-state index in [9.17, 15) is 0 Å². The van der Waals surface area contributed by atoms with Crippen LogP contribution in [-0.4, -0.2) is 28.6 Å². The first-order valence-electron chi connectivity index (χ1n) is 6.81. The minimum atomic E-state index is 0.0408. The van der Waals surface area contributed by atoms with Gasteiger partial charge in [0.2, 0.25) is 0 Å². The fraction of sp³-hybridized carbons (Fsp3) is 0.571. The van der Waals surface area contributed by atoms with Gasteiger partial charge in [0.05, 0.1) is 0 Å². The zero-order valence-electron chi connectivity index (χ0n) is 12.0. The zero-order chi connectivity index (χ0) is 14.3. The van der Waals surface area contributed by atoms with E-state index in [0.717, 1.165) is 18.8 Å². The maximum Gasteiger partial charge on any atom is 0.188 e. The molecule has 0 radical (unpaired) electrons. The zero-order valence-corrected chi connectivity index (χ0v) is 12.0. The molecule has 1 rings (SSSR count). The van der Waals surface area contributed by atoms with Gasteiger partial charge in [-0.25, -0.2) is 4.98 Å². The van der Waals surface area contributed by atoms with Gasteiger partial charge in [0.1, 0.15) is 11.5 Å². The van der Waals surface area contributed by atoms with Crippen LogP contribution in [0.15, 0.2) is 23.4 Å². The fourth-order valence-electron chi connectivity index (χ4n) is 1.95. The van der Waals surface area contributed by atoms with Gasteiger partial charge in [-0.15, -0.1) is 0 Å². The maximum atomic E-state index is 8.71. The Hall–Kier alpha value is -1.78. The number of unbranched alkanes of at least 4 members (excludes halogenated alkanes) is 2. The van der Waals surface area contributed by atoms with Crippen LogP contribution in [0.1, 0.15) is 45.7 Å². The molecule has 0 saturated heterocycles. The first kappa shape index (κ1) is 15.3. The summed E-state index contributed by atoms with van der Waals surface area (Å²) in [6.07, 6.45) is 3.55. The van der Waals surface area contributed by atoms with Crippen molar-refractivity contribution in [2.45, 2.75) is 46.1 Å². The minimum Gasteiger partial charge on any atom is -0.409 e. The summed E-state index contributed by atoms with van der Waals surface area (Å²) in [5.41, 5.74) is 6.08. The van der Waals surface area contributed by atoms with E-state index < -0.39 is 0 Å². The summed E-state index contributed by atoms with van der Waals surface area (Å²) in [7, 11) is 0. The van der Waals surface area contributed by atoms with Crippen LogP contribution < -0.4 is 10.6 Å². The highest BCUT2D eigenvalue weighted by atomic mass is 16.4. The van der Waals surface area contributed by atoms with Gasteiger partial charge >= 0.3 is 0 Å². The third-order valence-electron chi connectivity index (χ3n) is 3.02. The molecule has 3 N–H and O–H groups in total. The van der Waals surface area contributed by atoms with Crippen molar-refractivity contribution in [2.24, 2.45) is 10.9 Å². The van der Waals surface area contributed by atoms with Crippen LogP contribution in [0.25, 0.3) is 0 Å². The Labute approximate surface area is 115 Å². The summed E-state index contributed by atoms with van der Waals surface area (Å²) in [4.78, 5) is 6.69. The highest BCUT2D eigenvalue weighted by Gasteiger charge is 2.12. The summed E-state index contributed by atoms with van der Waals surface area (Å²) in [5.74, 6) is 0.911. The molecule has 5 nitrogen and oxygen atoms in total. The predicted octanol–water partition coefficient (Wildman–Crippen LogP) is 2.58. The lowest BCUT2D eigenvalue weighted by atomic mass is 10.2. The highest BCUT2D eigenvalue weighted by molar-refractivity contribution is 5.95. The summed E-state index contributed by atoms with van der Waals surface area (Å²) in [6, 6.07) is 5.94. The molecule has 106 valence electrons. The van der Waals surface area contributed by atoms with Crippen molar-refractivity contribution in [3.8, 4) is 0 Å². The van der Waals surface area contributed by atoms with E-state index in [-0.39, 0.29) is 5.84 Å². The number of nitrogens with zero attached hydrogens (tertiary/aromatic N) is 3. The van der Waals surface area contributed by atoms with Gasteiger partial charge < -0.3 is 15.8 Å². The summed E-state index contributed by atoms with van der Waals surface area (Å²) in [6.45, 7) is 7.45. The number of hydrogen-bond acceptors (Lipinski definition) is 4. The van der Waals surface area contributed by atoms with Gasteiger partial charge in [-0.3, -0.25) is 0 Å². The molecule has 0 spiro atoms. The fourth-order valence-corrected chi connectivity index (χ4v) is 1.95. The molecule has 0 aromatic carbocycles. The van der Waals surface area contributed by atoms with Crippen molar-refractivity contribution in [3.05, 3.63) is 23.9 Å². The smallest absolute Gasteiger partial charge is 0.188 e. The second kappa shape index (κ2) is 7.61. The molecule has 0 aliphatic rings. The Balaban J connectivity index is 2.90. The molecule has 1 aromatic heterocycles. The molecule has 5 heteroatoms. The Morgan fingerprint density at radius 3 is 2.74 bits per heavy atom. The van der Waals surface area contributed by atoms with Crippen LogP contribution >= 0.6 is 0 Å². The average molecular weight is 264 g/mol. The lowest BCUT2D eigenvalue weighted by molar-refractivity contribution is 0.318. The number of pyridine rings is 1. The van der Waals surface area contributed by atoms with Crippen LogP contribution in [0.3, 0.4) is 0 Å². The first-order valence-corrected chi connectivity index (χ1v) is 6.81. The topological polar surface area (TPSA) is 74.7 Å². The van der Waals surface area contributed by atoms with Crippen molar-refractivity contribution in [1.29, 1.82) is 0 Å². The third kappa shape index (κ3) is 4.43. The molecule has 1 heterocycles. The molecular formula is C14H24N4O. The quantitative estimate of drug-likeness (QED) is 0.261. The number of anilines is 1. The van der Waals surface area contributed by atoms with Crippen LogP contribution in [0, 0.1) is 0 Å². The average Bonchev–Trinajstić information content (AvgIpc) is 2.42. The summed E-state index contributed by atoms with van der Waals surface area (Å²) >= 11 is 0. The van der Waals surface area contributed by atoms with E-state index in [1.165, 1.54) is 12.8 Å². The van der Waals surface area contributed by atoms with Crippen molar-refractivity contribution in [2.75, 3.05) is 11.4 Å². The summed E-state index contributed by atoms with van der Waals surface area (Å²) in [5, 5.41) is 11.7. The summed E-state index contributed by atoms with van der Waals surface area (Å²) < 4.78 is 0. The van der Waals surface area contributed by atoms with Crippen LogP contribution in [0.2, 0.25) is 0 Å². The van der Waals surface area contributed by atoms with Crippen molar-refractivity contribution in [3.63, 3.8) is 0 Å². The van der Waals surface area contributed by atoms with E-state index in [4.69, 9.17) is 10.9 Å². The normalized spacial score (nSPS) is 11.9. The lowest BCUT2D eigenvalue weighted by Gasteiger charge is -2.28. The van der Waals surface area contributed by atoms with E-state index in [1.807, 2.05) is 12.1 Å². The molecular weight excluding hydrogens is 240 g/mol. The van der Waals surface area contributed by atoms with Crippen molar-refractivity contribution < 1.29 is 5.21 Å². The Bertz CT molecular complexity index is 418. The van der Waals surface area contributed by atoms with Crippen LogP contribution in [0.5, 0.6) is 0 Å². The standard InChI is InChI=1S/C14H24N4O/c1-4-5-6-10-18(11(2)3)13-9-7-8-12(16-13)14(15)17-19/h7-9,11,19H,4-6,10H2,1-3H3,(H2,15,17). The number of hydrogen-bond donors (Lipinski definition) is 2. The van der Waals surface area contributed by atoms with Gasteiger partial charge in [-0.2, -0.15) is 0 Å². The lowest BCUT2D eigenvalue weighted by Crippen LogP contribution is -2.33. The monoisotopic (exact) mass is 264 g/mol. The molecule has 0 atom stereocenters. The minimum absolute atomic E-state index is 0.0408. The molecule has 0 amide bonds. The molecule has 0 aliphatic carbocycles. The second-order valence-corrected chi connectivity index (χ2v) is 4.86. The largest absolute Gasteiger partial charge is 0.409 e. The van der Waals surface area contributed by atoms with Crippen LogP contribution in [-0.2, 0) is 0 Å². The molecule has 19 heavy (non-hydrogen) atoms. The van der Waals surface area contributed by atoms with Crippen molar-refractivity contribution in [1.82, 2.24) is 4.98 Å². The second-order valence-electron chi connectivity index (χ2n) is 4.86. The molecule has 0 saturated carbocycles. The van der Waals surface area contributed by atoms with Gasteiger partial charge in [0.25, 0.3) is 0 Å². The van der Waals surface area contributed by atoms with E-state index in [0.29, 0.717) is 11.7 Å². The van der Waals surface area contributed by atoms with E-state index in [1.54, 1.807) is 6.07 Å². The Morgan fingerprint density at radius 2 is 2.16 bits per heavy atom. The molecule has 0 fully saturated rings. The molecule has 0 unspecified atom stereocenters. The third-order valence-corrected chi connectivity index (χ3v) is 3.02.